The molecule has 3 nitrogen and oxygen atoms in total. The quantitative estimate of drug-likeness (QED) is 0.730. The summed E-state index contributed by atoms with van der Waals surface area (Å²) in [6, 6.07) is 0. The van der Waals surface area contributed by atoms with Crippen LogP contribution >= 0.6 is 0 Å². The van der Waals surface area contributed by atoms with Crippen molar-refractivity contribution in [3.8, 4) is 0 Å². The molecule has 1 aliphatic carbocycles. The Morgan fingerprint density at radius 1 is 1.25 bits per heavy atom. The van der Waals surface area contributed by atoms with Crippen LogP contribution in [0.5, 0.6) is 0 Å². The highest BCUT2D eigenvalue weighted by molar-refractivity contribution is 7.92. The van der Waals surface area contributed by atoms with Crippen molar-refractivity contribution in [1.29, 1.82) is 0 Å². The summed E-state index contributed by atoms with van der Waals surface area (Å²) in [6.45, 7) is 5.07. The fourth-order valence-electron chi connectivity index (χ4n) is 2.13. The molecule has 1 N–H and O–H groups in total. The van der Waals surface area contributed by atoms with Crippen molar-refractivity contribution in [3.63, 3.8) is 0 Å². The van der Waals surface area contributed by atoms with Crippen molar-refractivity contribution in [2.75, 3.05) is 19.3 Å². The van der Waals surface area contributed by atoms with Crippen LogP contribution in [-0.2, 0) is 9.84 Å². The second-order valence-electron chi connectivity index (χ2n) is 5.65. The largest absolute Gasteiger partial charge is 0.315 e. The highest BCUT2D eigenvalue weighted by Crippen LogP contribution is 2.26. The first-order valence-electron chi connectivity index (χ1n) is 6.23. The molecule has 0 aliphatic heterocycles. The van der Waals surface area contributed by atoms with E-state index in [-0.39, 0.29) is 0 Å². The molecule has 0 bridgehead atoms. The minimum absolute atomic E-state index is 0.554. The average molecular weight is 247 g/mol. The summed E-state index contributed by atoms with van der Waals surface area (Å²) in [5.41, 5.74) is 0. The lowest BCUT2D eigenvalue weighted by Crippen LogP contribution is -2.42. The van der Waals surface area contributed by atoms with Gasteiger partial charge in [0.1, 0.15) is 0 Å². The third-order valence-electron chi connectivity index (χ3n) is 3.76. The molecule has 0 aromatic heterocycles. The summed E-state index contributed by atoms with van der Waals surface area (Å²) in [4.78, 5) is 0. The summed E-state index contributed by atoms with van der Waals surface area (Å²) >= 11 is 0. The molecule has 1 rings (SSSR count). The van der Waals surface area contributed by atoms with E-state index in [2.05, 4.69) is 5.32 Å². The van der Waals surface area contributed by atoms with Gasteiger partial charge < -0.3 is 5.32 Å². The van der Waals surface area contributed by atoms with Crippen LogP contribution in [0.25, 0.3) is 0 Å². The number of rotatable bonds is 6. The molecule has 16 heavy (non-hydrogen) atoms. The average Bonchev–Trinajstić information content (AvgIpc) is 2.63. The lowest BCUT2D eigenvalue weighted by atomic mass is 10.0. The van der Waals surface area contributed by atoms with Gasteiger partial charge in [0.2, 0.25) is 0 Å². The Hall–Kier alpha value is -0.0900. The van der Waals surface area contributed by atoms with E-state index in [0.717, 1.165) is 12.5 Å². The minimum atomic E-state index is -2.96. The summed E-state index contributed by atoms with van der Waals surface area (Å²) in [6.07, 6.45) is 7.97. The van der Waals surface area contributed by atoms with E-state index in [1.807, 2.05) is 0 Å². The fraction of sp³-hybridized carbons (Fsp3) is 1.00. The van der Waals surface area contributed by atoms with Crippen LogP contribution in [0.2, 0.25) is 0 Å². The molecular formula is C12H25NO2S. The predicted molar refractivity (Wildman–Crippen MR) is 68.4 cm³/mol. The van der Waals surface area contributed by atoms with E-state index >= 15 is 0 Å². The molecule has 0 aromatic rings. The standard InChI is InChI=1S/C12H25NO2S/c1-12(2,16(3,14)15)10-13-9-8-11-6-4-5-7-11/h11,13H,4-10H2,1-3H3. The lowest BCUT2D eigenvalue weighted by molar-refractivity contribution is 0.459. The van der Waals surface area contributed by atoms with Crippen molar-refractivity contribution >= 4 is 9.84 Å². The van der Waals surface area contributed by atoms with Gasteiger partial charge in [-0.15, -0.1) is 0 Å². The molecule has 0 aromatic carbocycles. The number of sulfone groups is 1. The molecule has 0 amide bonds. The number of nitrogens with one attached hydrogen (secondary N) is 1. The first kappa shape index (κ1) is 14.0. The van der Waals surface area contributed by atoms with Crippen LogP contribution in [0.1, 0.15) is 46.0 Å². The fourth-order valence-corrected chi connectivity index (χ4v) is 2.49. The Balaban J connectivity index is 2.19. The third kappa shape index (κ3) is 4.06. The topological polar surface area (TPSA) is 46.2 Å². The van der Waals surface area contributed by atoms with Crippen LogP contribution in [0, 0.1) is 5.92 Å². The molecule has 1 fully saturated rings. The first-order chi connectivity index (χ1) is 7.33. The summed E-state index contributed by atoms with van der Waals surface area (Å²) < 4.78 is 22.3. The van der Waals surface area contributed by atoms with E-state index in [1.54, 1.807) is 13.8 Å². The normalized spacial score (nSPS) is 19.2. The van der Waals surface area contributed by atoms with Gasteiger partial charge in [0, 0.05) is 12.8 Å². The van der Waals surface area contributed by atoms with Crippen LogP contribution in [0.4, 0.5) is 0 Å². The first-order valence-corrected chi connectivity index (χ1v) is 8.12. The van der Waals surface area contributed by atoms with Gasteiger partial charge in [0.25, 0.3) is 0 Å². The summed E-state index contributed by atoms with van der Waals surface area (Å²) in [5, 5.41) is 3.28. The molecule has 0 saturated heterocycles. The Bertz CT molecular complexity index is 303. The summed E-state index contributed by atoms with van der Waals surface area (Å²) in [7, 11) is -2.96. The molecule has 0 heterocycles. The molecule has 4 heteroatoms. The van der Waals surface area contributed by atoms with E-state index in [9.17, 15) is 8.42 Å². The van der Waals surface area contributed by atoms with Gasteiger partial charge in [-0.2, -0.15) is 0 Å². The van der Waals surface area contributed by atoms with Crippen molar-refractivity contribution in [1.82, 2.24) is 5.32 Å². The van der Waals surface area contributed by atoms with E-state index in [0.29, 0.717) is 6.54 Å². The molecule has 0 unspecified atom stereocenters. The number of hydrogen-bond acceptors (Lipinski definition) is 3. The maximum absolute atomic E-state index is 11.5. The van der Waals surface area contributed by atoms with Crippen LogP contribution < -0.4 is 5.32 Å². The molecular weight excluding hydrogens is 222 g/mol. The van der Waals surface area contributed by atoms with Gasteiger partial charge in [0.05, 0.1) is 4.75 Å². The van der Waals surface area contributed by atoms with E-state index in [1.165, 1.54) is 38.4 Å². The Morgan fingerprint density at radius 2 is 1.81 bits per heavy atom. The monoisotopic (exact) mass is 247 g/mol. The Labute approximate surface area is 99.9 Å². The molecule has 96 valence electrons. The van der Waals surface area contributed by atoms with Gasteiger partial charge in [-0.25, -0.2) is 8.42 Å². The zero-order valence-corrected chi connectivity index (χ0v) is 11.6. The Kier molecular flexibility index (Phi) is 4.80. The molecule has 1 aliphatic rings. The van der Waals surface area contributed by atoms with Crippen molar-refractivity contribution in [2.45, 2.75) is 50.7 Å². The molecule has 1 saturated carbocycles. The zero-order valence-electron chi connectivity index (χ0n) is 10.8. The lowest BCUT2D eigenvalue weighted by Gasteiger charge is -2.23. The smallest absolute Gasteiger partial charge is 0.153 e. The molecule has 0 spiro atoms. The van der Waals surface area contributed by atoms with Crippen molar-refractivity contribution in [2.24, 2.45) is 5.92 Å². The van der Waals surface area contributed by atoms with Gasteiger partial charge in [0.15, 0.2) is 9.84 Å². The van der Waals surface area contributed by atoms with Crippen LogP contribution in [-0.4, -0.2) is 32.5 Å². The predicted octanol–water partition coefficient (Wildman–Crippen LogP) is 1.98. The van der Waals surface area contributed by atoms with Crippen molar-refractivity contribution in [3.05, 3.63) is 0 Å². The van der Waals surface area contributed by atoms with Crippen molar-refractivity contribution < 1.29 is 8.42 Å². The minimum Gasteiger partial charge on any atom is -0.315 e. The third-order valence-corrected chi connectivity index (χ3v) is 5.91. The maximum Gasteiger partial charge on any atom is 0.153 e. The summed E-state index contributed by atoms with van der Waals surface area (Å²) in [5.74, 6) is 0.869. The molecule has 0 radical (unpaired) electrons. The SMILES string of the molecule is CC(C)(CNCCC1CCCC1)S(C)(=O)=O. The highest BCUT2D eigenvalue weighted by Gasteiger charge is 2.29. The molecule has 0 atom stereocenters. The van der Waals surface area contributed by atoms with Crippen LogP contribution in [0.3, 0.4) is 0 Å². The van der Waals surface area contributed by atoms with Gasteiger partial charge in [-0.3, -0.25) is 0 Å². The second-order valence-corrected chi connectivity index (χ2v) is 8.30. The highest BCUT2D eigenvalue weighted by atomic mass is 32.2. The van der Waals surface area contributed by atoms with Gasteiger partial charge >= 0.3 is 0 Å². The van der Waals surface area contributed by atoms with Gasteiger partial charge in [-0.05, 0) is 32.7 Å². The van der Waals surface area contributed by atoms with E-state index < -0.39 is 14.6 Å². The zero-order chi connectivity index (χ0) is 12.2. The van der Waals surface area contributed by atoms with Crippen LogP contribution in [0.15, 0.2) is 0 Å². The van der Waals surface area contributed by atoms with E-state index in [4.69, 9.17) is 0 Å². The second kappa shape index (κ2) is 5.50. The maximum atomic E-state index is 11.5. The van der Waals surface area contributed by atoms with Gasteiger partial charge in [-0.1, -0.05) is 25.7 Å². The Morgan fingerprint density at radius 3 is 2.31 bits per heavy atom. The number of hydrogen-bond donors (Lipinski definition) is 1.